The molecular formula is C16H19N5O2. The van der Waals surface area contributed by atoms with Crippen LogP contribution < -0.4 is 10.9 Å². The van der Waals surface area contributed by atoms with E-state index in [9.17, 15) is 4.79 Å². The molecule has 1 saturated carbocycles. The van der Waals surface area contributed by atoms with Gasteiger partial charge in [0.1, 0.15) is 17.7 Å². The third-order valence-electron chi connectivity index (χ3n) is 4.58. The van der Waals surface area contributed by atoms with Gasteiger partial charge >= 0.3 is 0 Å². The van der Waals surface area contributed by atoms with Gasteiger partial charge in [0.15, 0.2) is 0 Å². The van der Waals surface area contributed by atoms with Gasteiger partial charge in [-0.15, -0.1) is 0 Å². The fraction of sp³-hybridized carbons (Fsp3) is 0.500. The number of rotatable bonds is 4. The van der Waals surface area contributed by atoms with Gasteiger partial charge in [-0.1, -0.05) is 6.42 Å². The fourth-order valence-electron chi connectivity index (χ4n) is 3.05. The summed E-state index contributed by atoms with van der Waals surface area (Å²) in [5.74, 6) is 2.18. The molecule has 1 aliphatic heterocycles. The SMILES string of the molecule is O=c1cccnn1C1COCC1Nc1ccnc(C2CCC2)n1. The molecule has 7 nitrogen and oxygen atoms in total. The lowest BCUT2D eigenvalue weighted by molar-refractivity contribution is 0.182. The second kappa shape index (κ2) is 6.08. The van der Waals surface area contributed by atoms with E-state index in [0.29, 0.717) is 19.1 Å². The molecule has 2 fully saturated rings. The first kappa shape index (κ1) is 14.3. The quantitative estimate of drug-likeness (QED) is 0.917. The van der Waals surface area contributed by atoms with Crippen LogP contribution in [0, 0.1) is 0 Å². The molecule has 23 heavy (non-hydrogen) atoms. The Morgan fingerprint density at radius 2 is 2.13 bits per heavy atom. The molecule has 0 spiro atoms. The highest BCUT2D eigenvalue weighted by molar-refractivity contribution is 5.35. The van der Waals surface area contributed by atoms with Gasteiger partial charge in [-0.05, 0) is 25.0 Å². The summed E-state index contributed by atoms with van der Waals surface area (Å²) in [7, 11) is 0. The molecule has 4 rings (SSSR count). The molecule has 0 aromatic carbocycles. The highest BCUT2D eigenvalue weighted by Gasteiger charge is 2.31. The van der Waals surface area contributed by atoms with Gasteiger partial charge in [0, 0.05) is 24.4 Å². The van der Waals surface area contributed by atoms with E-state index < -0.39 is 0 Å². The summed E-state index contributed by atoms with van der Waals surface area (Å²) in [6.45, 7) is 0.992. The Morgan fingerprint density at radius 1 is 1.22 bits per heavy atom. The first-order valence-electron chi connectivity index (χ1n) is 8.02. The zero-order chi connectivity index (χ0) is 15.6. The molecule has 1 aliphatic carbocycles. The summed E-state index contributed by atoms with van der Waals surface area (Å²) in [6, 6.07) is 4.85. The summed E-state index contributed by atoms with van der Waals surface area (Å²) in [5, 5.41) is 7.56. The average Bonchev–Trinajstić information content (AvgIpc) is 2.94. The number of nitrogens with zero attached hydrogens (tertiary/aromatic N) is 4. The predicted molar refractivity (Wildman–Crippen MR) is 84.4 cm³/mol. The predicted octanol–water partition coefficient (Wildman–Crippen LogP) is 1.35. The maximum Gasteiger partial charge on any atom is 0.267 e. The number of aromatic nitrogens is 4. The van der Waals surface area contributed by atoms with Crippen molar-refractivity contribution in [2.45, 2.75) is 37.3 Å². The van der Waals surface area contributed by atoms with Gasteiger partial charge in [-0.25, -0.2) is 14.6 Å². The summed E-state index contributed by atoms with van der Waals surface area (Å²) in [6.07, 6.45) is 7.01. The molecule has 2 aromatic rings. The van der Waals surface area contributed by atoms with Gasteiger partial charge < -0.3 is 10.1 Å². The van der Waals surface area contributed by atoms with Crippen molar-refractivity contribution in [2.24, 2.45) is 0 Å². The summed E-state index contributed by atoms with van der Waals surface area (Å²) in [5.41, 5.74) is -0.118. The monoisotopic (exact) mass is 313 g/mol. The van der Waals surface area contributed by atoms with Gasteiger partial charge in [0.25, 0.3) is 5.56 Å². The number of nitrogens with one attached hydrogen (secondary N) is 1. The van der Waals surface area contributed by atoms with Crippen LogP contribution in [-0.2, 0) is 4.74 Å². The Bertz CT molecular complexity index is 743. The van der Waals surface area contributed by atoms with Crippen LogP contribution in [0.3, 0.4) is 0 Å². The normalized spacial score (nSPS) is 24.3. The summed E-state index contributed by atoms with van der Waals surface area (Å²) >= 11 is 0. The van der Waals surface area contributed by atoms with Crippen molar-refractivity contribution in [1.29, 1.82) is 0 Å². The highest BCUT2D eigenvalue weighted by Crippen LogP contribution is 2.34. The lowest BCUT2D eigenvalue weighted by Crippen LogP contribution is -2.37. The van der Waals surface area contributed by atoms with Crippen LogP contribution in [-0.4, -0.2) is 39.0 Å². The number of hydrogen-bond acceptors (Lipinski definition) is 6. The van der Waals surface area contributed by atoms with E-state index in [1.54, 1.807) is 18.5 Å². The van der Waals surface area contributed by atoms with E-state index in [4.69, 9.17) is 4.74 Å². The van der Waals surface area contributed by atoms with Gasteiger partial charge in [-0.3, -0.25) is 4.79 Å². The third-order valence-corrected chi connectivity index (χ3v) is 4.58. The molecule has 120 valence electrons. The van der Waals surface area contributed by atoms with Gasteiger partial charge in [0.05, 0.1) is 19.3 Å². The lowest BCUT2D eigenvalue weighted by Gasteiger charge is -2.25. The molecular weight excluding hydrogens is 294 g/mol. The van der Waals surface area contributed by atoms with Crippen molar-refractivity contribution in [3.8, 4) is 0 Å². The molecule has 0 radical (unpaired) electrons. The van der Waals surface area contributed by atoms with Crippen molar-refractivity contribution in [1.82, 2.24) is 19.7 Å². The zero-order valence-corrected chi connectivity index (χ0v) is 12.8. The van der Waals surface area contributed by atoms with Gasteiger partial charge in [0.2, 0.25) is 0 Å². The van der Waals surface area contributed by atoms with Crippen LogP contribution in [0.2, 0.25) is 0 Å². The molecule has 0 amide bonds. The van der Waals surface area contributed by atoms with Crippen LogP contribution in [0.4, 0.5) is 5.82 Å². The molecule has 0 bridgehead atoms. The number of ether oxygens (including phenoxy) is 1. The highest BCUT2D eigenvalue weighted by atomic mass is 16.5. The topological polar surface area (TPSA) is 81.9 Å². The lowest BCUT2D eigenvalue weighted by atomic mass is 9.85. The van der Waals surface area contributed by atoms with E-state index in [1.165, 1.54) is 30.0 Å². The first-order valence-corrected chi connectivity index (χ1v) is 8.02. The Morgan fingerprint density at radius 3 is 2.91 bits per heavy atom. The molecule has 2 aliphatic rings. The number of hydrogen-bond donors (Lipinski definition) is 1. The van der Waals surface area contributed by atoms with E-state index in [0.717, 1.165) is 11.6 Å². The minimum Gasteiger partial charge on any atom is -0.377 e. The average molecular weight is 313 g/mol. The molecule has 1 N–H and O–H groups in total. The van der Waals surface area contributed by atoms with E-state index in [2.05, 4.69) is 20.4 Å². The molecule has 7 heteroatoms. The second-order valence-corrected chi connectivity index (χ2v) is 6.09. The van der Waals surface area contributed by atoms with E-state index >= 15 is 0 Å². The van der Waals surface area contributed by atoms with Crippen LogP contribution in [0.1, 0.15) is 37.0 Å². The Labute approximate surface area is 133 Å². The maximum atomic E-state index is 12.0. The van der Waals surface area contributed by atoms with Crippen molar-refractivity contribution in [3.05, 3.63) is 46.8 Å². The van der Waals surface area contributed by atoms with Crippen LogP contribution in [0.15, 0.2) is 35.4 Å². The molecule has 3 heterocycles. The van der Waals surface area contributed by atoms with Crippen molar-refractivity contribution < 1.29 is 4.74 Å². The maximum absolute atomic E-state index is 12.0. The standard InChI is InChI=1S/C16H19N5O2/c22-15-5-2-7-18-21(15)13-10-23-9-12(13)19-14-6-8-17-16(20-14)11-3-1-4-11/h2,5-8,11-13H,1,3-4,9-10H2,(H,17,19,20). The van der Waals surface area contributed by atoms with Gasteiger partial charge in [-0.2, -0.15) is 5.10 Å². The van der Waals surface area contributed by atoms with Crippen molar-refractivity contribution in [3.63, 3.8) is 0 Å². The Balaban J connectivity index is 1.53. The minimum atomic E-state index is -0.134. The van der Waals surface area contributed by atoms with E-state index in [1.807, 2.05) is 6.07 Å². The van der Waals surface area contributed by atoms with Crippen LogP contribution in [0.25, 0.3) is 0 Å². The molecule has 2 unspecified atom stereocenters. The summed E-state index contributed by atoms with van der Waals surface area (Å²) in [4.78, 5) is 21.0. The zero-order valence-electron chi connectivity index (χ0n) is 12.8. The Hall–Kier alpha value is -2.28. The van der Waals surface area contributed by atoms with Crippen LogP contribution in [0.5, 0.6) is 0 Å². The molecule has 1 saturated heterocycles. The minimum absolute atomic E-state index is 0.0354. The molecule has 2 aromatic heterocycles. The number of anilines is 1. The van der Waals surface area contributed by atoms with Crippen LogP contribution >= 0.6 is 0 Å². The Kier molecular flexibility index (Phi) is 3.78. The van der Waals surface area contributed by atoms with Crippen molar-refractivity contribution in [2.75, 3.05) is 18.5 Å². The summed E-state index contributed by atoms with van der Waals surface area (Å²) < 4.78 is 7.04. The smallest absolute Gasteiger partial charge is 0.267 e. The molecule has 2 atom stereocenters. The van der Waals surface area contributed by atoms with E-state index in [-0.39, 0.29) is 17.6 Å². The second-order valence-electron chi connectivity index (χ2n) is 6.09. The third kappa shape index (κ3) is 2.84. The largest absolute Gasteiger partial charge is 0.377 e. The van der Waals surface area contributed by atoms with Crippen molar-refractivity contribution >= 4 is 5.82 Å². The first-order chi connectivity index (χ1) is 11.3. The fourth-order valence-corrected chi connectivity index (χ4v) is 3.05.